The van der Waals surface area contributed by atoms with Gasteiger partial charge in [-0.15, -0.1) is 0 Å². The first kappa shape index (κ1) is 17.1. The van der Waals surface area contributed by atoms with Crippen molar-refractivity contribution >= 4 is 49.5 Å². The van der Waals surface area contributed by atoms with Gasteiger partial charge in [-0.1, -0.05) is 31.9 Å². The molecule has 0 unspecified atom stereocenters. The van der Waals surface area contributed by atoms with Crippen molar-refractivity contribution in [2.75, 3.05) is 0 Å². The SMILES string of the molecule is O=C1CCC[C@@H]([C@@H](NC(=O)c2cc(Br)cc(Br)c2)C(=O)O)C1. The van der Waals surface area contributed by atoms with Crippen molar-refractivity contribution in [3.05, 3.63) is 32.7 Å². The van der Waals surface area contributed by atoms with Gasteiger partial charge in [0.15, 0.2) is 0 Å². The number of halogens is 2. The Morgan fingerprint density at radius 1 is 1.23 bits per heavy atom. The van der Waals surface area contributed by atoms with Crippen molar-refractivity contribution in [2.24, 2.45) is 5.92 Å². The van der Waals surface area contributed by atoms with E-state index in [9.17, 15) is 19.5 Å². The molecular weight excluding hydrogens is 418 g/mol. The molecule has 1 aliphatic carbocycles. The van der Waals surface area contributed by atoms with Gasteiger partial charge >= 0.3 is 5.97 Å². The molecule has 1 fully saturated rings. The Bertz CT molecular complexity index is 597. The summed E-state index contributed by atoms with van der Waals surface area (Å²) in [6.45, 7) is 0. The molecule has 0 saturated heterocycles. The van der Waals surface area contributed by atoms with Crippen LogP contribution in [-0.2, 0) is 9.59 Å². The molecule has 1 aromatic rings. The van der Waals surface area contributed by atoms with E-state index >= 15 is 0 Å². The topological polar surface area (TPSA) is 83.5 Å². The van der Waals surface area contributed by atoms with Crippen LogP contribution in [0.4, 0.5) is 0 Å². The summed E-state index contributed by atoms with van der Waals surface area (Å²) >= 11 is 6.58. The second-order valence-electron chi connectivity index (χ2n) is 5.34. The first-order valence-corrected chi connectivity index (χ1v) is 8.47. The number of aliphatic carboxylic acids is 1. The molecule has 118 valence electrons. The van der Waals surface area contributed by atoms with Gasteiger partial charge in [0.2, 0.25) is 0 Å². The van der Waals surface area contributed by atoms with Crippen molar-refractivity contribution in [1.29, 1.82) is 0 Å². The van der Waals surface area contributed by atoms with Gasteiger partial charge in [0.05, 0.1) is 0 Å². The maximum absolute atomic E-state index is 12.3. The number of benzene rings is 1. The van der Waals surface area contributed by atoms with Crippen LogP contribution in [0, 0.1) is 5.92 Å². The van der Waals surface area contributed by atoms with E-state index in [1.54, 1.807) is 18.2 Å². The van der Waals surface area contributed by atoms with E-state index in [1.807, 2.05) is 0 Å². The highest BCUT2D eigenvalue weighted by Gasteiger charge is 2.33. The van der Waals surface area contributed by atoms with Crippen LogP contribution in [0.3, 0.4) is 0 Å². The van der Waals surface area contributed by atoms with Crippen molar-refractivity contribution in [3.63, 3.8) is 0 Å². The van der Waals surface area contributed by atoms with Crippen LogP contribution in [0.5, 0.6) is 0 Å². The standard InChI is InChI=1S/C15H15Br2NO4/c16-10-4-9(5-11(17)7-10)14(20)18-13(15(21)22)8-2-1-3-12(19)6-8/h4-5,7-8,13H,1-3,6H2,(H,18,20)(H,21,22)/t8-,13-/m1/s1. The van der Waals surface area contributed by atoms with Crippen LogP contribution in [0.25, 0.3) is 0 Å². The van der Waals surface area contributed by atoms with E-state index in [2.05, 4.69) is 37.2 Å². The predicted molar refractivity (Wildman–Crippen MR) is 87.7 cm³/mol. The Morgan fingerprint density at radius 2 is 1.86 bits per heavy atom. The number of amides is 1. The van der Waals surface area contributed by atoms with Crippen LogP contribution in [0.1, 0.15) is 36.0 Å². The summed E-state index contributed by atoms with van der Waals surface area (Å²) in [5, 5.41) is 11.9. The fraction of sp³-hybridized carbons (Fsp3) is 0.400. The summed E-state index contributed by atoms with van der Waals surface area (Å²) in [5.74, 6) is -1.87. The van der Waals surface area contributed by atoms with Crippen molar-refractivity contribution in [2.45, 2.75) is 31.7 Å². The van der Waals surface area contributed by atoms with Crippen LogP contribution >= 0.6 is 31.9 Å². The van der Waals surface area contributed by atoms with E-state index in [0.29, 0.717) is 33.8 Å². The third-order valence-electron chi connectivity index (χ3n) is 3.67. The number of Topliss-reactive ketones (excluding diaryl/α,β-unsaturated/α-hetero) is 1. The number of carboxylic acids is 1. The number of rotatable bonds is 4. The third kappa shape index (κ3) is 4.39. The maximum atomic E-state index is 12.3. The molecule has 2 atom stereocenters. The average molecular weight is 433 g/mol. The Morgan fingerprint density at radius 3 is 2.41 bits per heavy atom. The predicted octanol–water partition coefficient (Wildman–Crippen LogP) is 3.15. The van der Waals surface area contributed by atoms with E-state index in [4.69, 9.17) is 0 Å². The summed E-state index contributed by atoms with van der Waals surface area (Å²) in [6, 6.07) is 3.97. The summed E-state index contributed by atoms with van der Waals surface area (Å²) in [6.07, 6.45) is 2.01. The number of hydrogen-bond acceptors (Lipinski definition) is 3. The van der Waals surface area contributed by atoms with E-state index in [1.165, 1.54) is 0 Å². The normalized spacial score (nSPS) is 19.5. The summed E-state index contributed by atoms with van der Waals surface area (Å²) in [7, 11) is 0. The lowest BCUT2D eigenvalue weighted by Crippen LogP contribution is -2.47. The second-order valence-corrected chi connectivity index (χ2v) is 7.17. The van der Waals surface area contributed by atoms with Crippen molar-refractivity contribution in [3.8, 4) is 0 Å². The fourth-order valence-electron chi connectivity index (χ4n) is 2.63. The first-order valence-electron chi connectivity index (χ1n) is 6.88. The van der Waals surface area contributed by atoms with Gasteiger partial charge in [0.1, 0.15) is 11.8 Å². The number of ketones is 1. The molecule has 22 heavy (non-hydrogen) atoms. The fourth-order valence-corrected chi connectivity index (χ4v) is 3.93. The lowest BCUT2D eigenvalue weighted by Gasteiger charge is -2.27. The van der Waals surface area contributed by atoms with Gasteiger partial charge in [-0.05, 0) is 37.0 Å². The number of nitrogens with one attached hydrogen (secondary N) is 1. The largest absolute Gasteiger partial charge is 0.480 e. The number of hydrogen-bond donors (Lipinski definition) is 2. The molecule has 0 aliphatic heterocycles. The molecule has 0 heterocycles. The minimum Gasteiger partial charge on any atom is -0.480 e. The van der Waals surface area contributed by atoms with Gasteiger partial charge in [-0.2, -0.15) is 0 Å². The van der Waals surface area contributed by atoms with Crippen molar-refractivity contribution < 1.29 is 19.5 Å². The smallest absolute Gasteiger partial charge is 0.326 e. The third-order valence-corrected chi connectivity index (χ3v) is 4.58. The Kier molecular flexibility index (Phi) is 5.74. The summed E-state index contributed by atoms with van der Waals surface area (Å²) < 4.78 is 1.43. The molecule has 2 N–H and O–H groups in total. The molecule has 2 rings (SSSR count). The quantitative estimate of drug-likeness (QED) is 0.765. The van der Waals surface area contributed by atoms with Crippen LogP contribution in [-0.4, -0.2) is 28.8 Å². The van der Waals surface area contributed by atoms with Crippen LogP contribution in [0.2, 0.25) is 0 Å². The minimum atomic E-state index is -1.11. The first-order chi connectivity index (χ1) is 10.4. The summed E-state index contributed by atoms with van der Waals surface area (Å²) in [4.78, 5) is 35.3. The molecular formula is C15H15Br2NO4. The molecule has 5 nitrogen and oxygen atoms in total. The lowest BCUT2D eigenvalue weighted by atomic mass is 9.83. The molecule has 1 aliphatic rings. The highest BCUT2D eigenvalue weighted by Crippen LogP contribution is 2.25. The minimum absolute atomic E-state index is 0.0574. The zero-order valence-electron chi connectivity index (χ0n) is 11.6. The van der Waals surface area contributed by atoms with E-state index in [-0.39, 0.29) is 18.1 Å². The van der Waals surface area contributed by atoms with Crippen molar-refractivity contribution in [1.82, 2.24) is 5.32 Å². The number of carbonyl (C=O) groups excluding carboxylic acids is 2. The van der Waals surface area contributed by atoms with E-state index < -0.39 is 17.9 Å². The molecule has 0 bridgehead atoms. The molecule has 7 heteroatoms. The molecule has 1 amide bonds. The van der Waals surface area contributed by atoms with Gasteiger partial charge in [0.25, 0.3) is 5.91 Å². The average Bonchev–Trinajstić information content (AvgIpc) is 2.43. The number of carbonyl (C=O) groups is 3. The van der Waals surface area contributed by atoms with Gasteiger partial charge in [-0.3, -0.25) is 9.59 Å². The zero-order chi connectivity index (χ0) is 16.3. The zero-order valence-corrected chi connectivity index (χ0v) is 14.8. The molecule has 0 aromatic heterocycles. The Hall–Kier alpha value is -1.21. The Balaban J connectivity index is 2.15. The highest BCUT2D eigenvalue weighted by atomic mass is 79.9. The van der Waals surface area contributed by atoms with Crippen LogP contribution in [0.15, 0.2) is 27.1 Å². The molecule has 0 radical (unpaired) electrons. The second kappa shape index (κ2) is 7.37. The van der Waals surface area contributed by atoms with Gasteiger partial charge in [0, 0.05) is 27.4 Å². The van der Waals surface area contributed by atoms with E-state index in [0.717, 1.165) is 0 Å². The molecule has 0 spiro atoms. The monoisotopic (exact) mass is 431 g/mol. The Labute approximate surface area is 144 Å². The highest BCUT2D eigenvalue weighted by molar-refractivity contribution is 9.11. The lowest BCUT2D eigenvalue weighted by molar-refractivity contribution is -0.141. The number of carboxylic acid groups (broad SMARTS) is 1. The molecule has 1 aromatic carbocycles. The van der Waals surface area contributed by atoms with Crippen LogP contribution < -0.4 is 5.32 Å². The van der Waals surface area contributed by atoms with Gasteiger partial charge in [-0.25, -0.2) is 4.79 Å². The summed E-state index contributed by atoms with van der Waals surface area (Å²) in [5.41, 5.74) is 0.356. The van der Waals surface area contributed by atoms with Gasteiger partial charge < -0.3 is 10.4 Å². The maximum Gasteiger partial charge on any atom is 0.326 e. The molecule has 1 saturated carbocycles.